The molecule has 2 rings (SSSR count). The molecule has 0 fully saturated rings. The summed E-state index contributed by atoms with van der Waals surface area (Å²) in [4.78, 5) is 1.95. The number of likely N-dealkylation sites (N-methyl/N-ethyl adjacent to an activating group) is 1. The molecule has 0 spiro atoms. The SMILES string of the molecule is Cc1ccccc1N(C)CC(N)c1cccc(F)c1F. The Morgan fingerprint density at radius 2 is 1.80 bits per heavy atom. The number of benzene rings is 2. The molecule has 2 nitrogen and oxygen atoms in total. The number of nitrogens with zero attached hydrogens (tertiary/aromatic N) is 1. The van der Waals surface area contributed by atoms with E-state index in [-0.39, 0.29) is 5.56 Å². The first-order chi connectivity index (χ1) is 9.50. The number of rotatable bonds is 4. The highest BCUT2D eigenvalue weighted by Gasteiger charge is 2.17. The van der Waals surface area contributed by atoms with Gasteiger partial charge in [-0.3, -0.25) is 0 Å². The monoisotopic (exact) mass is 276 g/mol. The van der Waals surface area contributed by atoms with Crippen LogP contribution >= 0.6 is 0 Å². The summed E-state index contributed by atoms with van der Waals surface area (Å²) in [6.07, 6.45) is 0. The summed E-state index contributed by atoms with van der Waals surface area (Å²) in [5.41, 5.74) is 8.34. The van der Waals surface area contributed by atoms with Crippen LogP contribution in [-0.2, 0) is 0 Å². The average Bonchev–Trinajstić information content (AvgIpc) is 2.42. The molecule has 1 unspecified atom stereocenters. The van der Waals surface area contributed by atoms with Crippen LogP contribution in [0.3, 0.4) is 0 Å². The number of hydrogen-bond donors (Lipinski definition) is 1. The Bertz CT molecular complexity index is 599. The van der Waals surface area contributed by atoms with E-state index >= 15 is 0 Å². The average molecular weight is 276 g/mol. The zero-order valence-electron chi connectivity index (χ0n) is 11.6. The Balaban J connectivity index is 2.17. The number of nitrogens with two attached hydrogens (primary N) is 1. The third-order valence-electron chi connectivity index (χ3n) is 3.38. The molecule has 0 radical (unpaired) electrons. The van der Waals surface area contributed by atoms with E-state index in [1.807, 2.05) is 43.1 Å². The molecular formula is C16H18F2N2. The van der Waals surface area contributed by atoms with Crippen LogP contribution in [0.5, 0.6) is 0 Å². The number of anilines is 1. The molecule has 0 aliphatic rings. The zero-order valence-corrected chi connectivity index (χ0v) is 11.6. The van der Waals surface area contributed by atoms with Gasteiger partial charge in [-0.05, 0) is 24.6 Å². The maximum absolute atomic E-state index is 13.7. The van der Waals surface area contributed by atoms with E-state index in [0.29, 0.717) is 6.54 Å². The minimum absolute atomic E-state index is 0.199. The summed E-state index contributed by atoms with van der Waals surface area (Å²) in [6, 6.07) is 11.4. The molecule has 1 atom stereocenters. The summed E-state index contributed by atoms with van der Waals surface area (Å²) >= 11 is 0. The Hall–Kier alpha value is -1.94. The van der Waals surface area contributed by atoms with Crippen molar-refractivity contribution >= 4 is 5.69 Å². The summed E-state index contributed by atoms with van der Waals surface area (Å²) in [7, 11) is 1.89. The lowest BCUT2D eigenvalue weighted by Crippen LogP contribution is -2.30. The van der Waals surface area contributed by atoms with Crippen LogP contribution in [0.15, 0.2) is 42.5 Å². The van der Waals surface area contributed by atoms with Gasteiger partial charge in [0.1, 0.15) is 0 Å². The van der Waals surface area contributed by atoms with Crippen molar-refractivity contribution in [3.8, 4) is 0 Å². The molecule has 2 N–H and O–H groups in total. The molecule has 2 aromatic rings. The summed E-state index contributed by atoms with van der Waals surface area (Å²) < 4.78 is 26.9. The molecule has 4 heteroatoms. The van der Waals surface area contributed by atoms with Gasteiger partial charge in [0, 0.05) is 24.8 Å². The number of aryl methyl sites for hydroxylation is 1. The van der Waals surface area contributed by atoms with Gasteiger partial charge in [-0.15, -0.1) is 0 Å². The molecule has 0 aliphatic carbocycles. The van der Waals surface area contributed by atoms with Gasteiger partial charge in [0.15, 0.2) is 11.6 Å². The van der Waals surface area contributed by atoms with Crippen molar-refractivity contribution in [2.75, 3.05) is 18.5 Å². The van der Waals surface area contributed by atoms with E-state index < -0.39 is 17.7 Å². The standard InChI is InChI=1S/C16H18F2N2/c1-11-6-3-4-9-15(11)20(2)10-14(19)12-7-5-8-13(17)16(12)18/h3-9,14H,10,19H2,1-2H3. The van der Waals surface area contributed by atoms with Crippen LogP contribution in [0.2, 0.25) is 0 Å². The molecular weight excluding hydrogens is 258 g/mol. The molecule has 0 aliphatic heterocycles. The molecule has 0 saturated carbocycles. The van der Waals surface area contributed by atoms with Gasteiger partial charge in [0.25, 0.3) is 0 Å². The van der Waals surface area contributed by atoms with Crippen molar-refractivity contribution < 1.29 is 8.78 Å². The highest BCUT2D eigenvalue weighted by atomic mass is 19.2. The quantitative estimate of drug-likeness (QED) is 0.927. The first kappa shape index (κ1) is 14.5. The van der Waals surface area contributed by atoms with Crippen LogP contribution in [-0.4, -0.2) is 13.6 Å². The van der Waals surface area contributed by atoms with Gasteiger partial charge in [-0.2, -0.15) is 0 Å². The second-order valence-electron chi connectivity index (χ2n) is 4.92. The molecule has 0 bridgehead atoms. The van der Waals surface area contributed by atoms with E-state index in [4.69, 9.17) is 5.73 Å². The summed E-state index contributed by atoms with van der Waals surface area (Å²) in [5, 5.41) is 0. The van der Waals surface area contributed by atoms with Gasteiger partial charge < -0.3 is 10.6 Å². The second-order valence-corrected chi connectivity index (χ2v) is 4.92. The fraction of sp³-hybridized carbons (Fsp3) is 0.250. The van der Waals surface area contributed by atoms with Crippen molar-refractivity contribution in [3.63, 3.8) is 0 Å². The smallest absolute Gasteiger partial charge is 0.163 e. The van der Waals surface area contributed by atoms with Crippen LogP contribution in [0.4, 0.5) is 14.5 Å². The maximum atomic E-state index is 13.7. The zero-order chi connectivity index (χ0) is 14.7. The summed E-state index contributed by atoms with van der Waals surface area (Å²) in [6.45, 7) is 2.41. The second kappa shape index (κ2) is 6.01. The third kappa shape index (κ3) is 2.96. The Morgan fingerprint density at radius 3 is 2.50 bits per heavy atom. The highest BCUT2D eigenvalue weighted by molar-refractivity contribution is 5.52. The van der Waals surface area contributed by atoms with Crippen LogP contribution < -0.4 is 10.6 Å². The largest absolute Gasteiger partial charge is 0.372 e. The highest BCUT2D eigenvalue weighted by Crippen LogP contribution is 2.22. The van der Waals surface area contributed by atoms with Crippen LogP contribution in [0.1, 0.15) is 17.2 Å². The lowest BCUT2D eigenvalue weighted by atomic mass is 10.1. The first-order valence-electron chi connectivity index (χ1n) is 6.47. The first-order valence-corrected chi connectivity index (χ1v) is 6.47. The minimum atomic E-state index is -0.864. The molecule has 2 aromatic carbocycles. The lowest BCUT2D eigenvalue weighted by molar-refractivity contribution is 0.488. The van der Waals surface area contributed by atoms with E-state index in [1.54, 1.807) is 0 Å². The van der Waals surface area contributed by atoms with Crippen molar-refractivity contribution in [3.05, 3.63) is 65.2 Å². The van der Waals surface area contributed by atoms with Gasteiger partial charge in [0.05, 0.1) is 6.04 Å². The summed E-state index contributed by atoms with van der Waals surface area (Å²) in [5.74, 6) is -1.73. The van der Waals surface area contributed by atoms with Crippen molar-refractivity contribution in [1.29, 1.82) is 0 Å². The topological polar surface area (TPSA) is 29.3 Å². The van der Waals surface area contributed by atoms with Crippen LogP contribution in [0, 0.1) is 18.6 Å². The maximum Gasteiger partial charge on any atom is 0.163 e. The van der Waals surface area contributed by atoms with E-state index in [9.17, 15) is 8.78 Å². The molecule has 106 valence electrons. The molecule has 0 heterocycles. The Morgan fingerprint density at radius 1 is 1.10 bits per heavy atom. The van der Waals surface area contributed by atoms with Gasteiger partial charge >= 0.3 is 0 Å². The van der Waals surface area contributed by atoms with Crippen molar-refractivity contribution in [2.45, 2.75) is 13.0 Å². The Labute approximate surface area is 117 Å². The van der Waals surface area contributed by atoms with Gasteiger partial charge in [-0.25, -0.2) is 8.78 Å². The lowest BCUT2D eigenvalue weighted by Gasteiger charge is -2.25. The normalized spacial score (nSPS) is 12.2. The Kier molecular flexibility index (Phi) is 4.35. The fourth-order valence-electron chi connectivity index (χ4n) is 2.29. The van der Waals surface area contributed by atoms with Crippen molar-refractivity contribution in [2.24, 2.45) is 5.73 Å². The van der Waals surface area contributed by atoms with Gasteiger partial charge in [0.2, 0.25) is 0 Å². The van der Waals surface area contributed by atoms with E-state index in [1.165, 1.54) is 12.1 Å². The third-order valence-corrected chi connectivity index (χ3v) is 3.38. The van der Waals surface area contributed by atoms with E-state index in [2.05, 4.69) is 0 Å². The molecule has 0 saturated heterocycles. The predicted octanol–water partition coefficient (Wildman–Crippen LogP) is 3.41. The van der Waals surface area contributed by atoms with Gasteiger partial charge in [-0.1, -0.05) is 30.3 Å². The molecule has 0 amide bonds. The minimum Gasteiger partial charge on any atom is -0.372 e. The number of hydrogen-bond acceptors (Lipinski definition) is 2. The molecule has 20 heavy (non-hydrogen) atoms. The number of halogens is 2. The van der Waals surface area contributed by atoms with Crippen LogP contribution in [0.25, 0.3) is 0 Å². The fourth-order valence-corrected chi connectivity index (χ4v) is 2.29. The molecule has 0 aromatic heterocycles. The predicted molar refractivity (Wildman–Crippen MR) is 77.7 cm³/mol. The van der Waals surface area contributed by atoms with E-state index in [0.717, 1.165) is 17.3 Å². The number of para-hydroxylation sites is 1. The van der Waals surface area contributed by atoms with Crippen molar-refractivity contribution in [1.82, 2.24) is 0 Å².